The summed E-state index contributed by atoms with van der Waals surface area (Å²) in [6, 6.07) is 8.74. The van der Waals surface area contributed by atoms with Gasteiger partial charge < -0.3 is 5.32 Å². The van der Waals surface area contributed by atoms with Gasteiger partial charge in [-0.15, -0.1) is 0 Å². The molecule has 2 heterocycles. The summed E-state index contributed by atoms with van der Waals surface area (Å²) in [5.41, 5.74) is -0.794. The number of carbonyl (C=O) groups is 2. The van der Waals surface area contributed by atoms with Gasteiger partial charge in [-0.25, -0.2) is 17.6 Å². The molecule has 0 unspecified atom stereocenters. The highest BCUT2D eigenvalue weighted by Crippen LogP contribution is 2.23. The molecule has 5 nitrogen and oxygen atoms in total. The fourth-order valence-electron chi connectivity index (χ4n) is 2.90. The zero-order chi connectivity index (χ0) is 22.1. The first-order chi connectivity index (χ1) is 14.8. The molecule has 0 bridgehead atoms. The van der Waals surface area contributed by atoms with Gasteiger partial charge in [0.25, 0.3) is 5.91 Å². The van der Waals surface area contributed by atoms with Crippen LogP contribution in [-0.4, -0.2) is 21.7 Å². The largest absolute Gasteiger partial charge is 0.322 e. The number of rotatable bonds is 4. The summed E-state index contributed by atoms with van der Waals surface area (Å²) in [5.74, 6) is -7.00. The molecule has 0 aliphatic heterocycles. The van der Waals surface area contributed by atoms with Gasteiger partial charge in [0.15, 0.2) is 23.3 Å². The Labute approximate surface area is 172 Å². The van der Waals surface area contributed by atoms with Gasteiger partial charge in [-0.05, 0) is 36.4 Å². The van der Waals surface area contributed by atoms with E-state index in [1.807, 2.05) is 0 Å². The molecule has 0 aliphatic carbocycles. The zero-order valence-corrected chi connectivity index (χ0v) is 15.5. The first kappa shape index (κ1) is 20.1. The van der Waals surface area contributed by atoms with Crippen molar-refractivity contribution in [2.75, 3.05) is 5.32 Å². The first-order valence-electron chi connectivity index (χ1n) is 8.84. The van der Waals surface area contributed by atoms with Crippen LogP contribution in [0.3, 0.4) is 0 Å². The third kappa shape index (κ3) is 3.97. The number of ketones is 1. The summed E-state index contributed by atoms with van der Waals surface area (Å²) < 4.78 is 54.9. The monoisotopic (exact) mass is 425 g/mol. The van der Waals surface area contributed by atoms with Gasteiger partial charge in [0, 0.05) is 28.9 Å². The van der Waals surface area contributed by atoms with Crippen LogP contribution in [0.4, 0.5) is 23.2 Å². The molecule has 154 valence electrons. The van der Waals surface area contributed by atoms with E-state index < -0.39 is 40.5 Å². The molecular weight excluding hydrogens is 414 g/mol. The van der Waals surface area contributed by atoms with Crippen molar-refractivity contribution in [2.24, 2.45) is 0 Å². The smallest absolute Gasteiger partial charge is 0.255 e. The van der Waals surface area contributed by atoms with E-state index in [-0.39, 0.29) is 16.9 Å². The molecule has 2 aromatic carbocycles. The standard InChI is InChI=1S/C22H11F4N3O2/c23-15-4-3-12(6-16(15)24)22(31)29-13-8-14(20(26)17(25)9-13)21(30)18-7-11-2-1-5-27-19(11)10-28-18/h1-10H,(H,29,31). The number of nitrogens with one attached hydrogen (secondary N) is 1. The highest BCUT2D eigenvalue weighted by atomic mass is 19.2. The molecule has 0 atom stereocenters. The lowest BCUT2D eigenvalue weighted by Gasteiger charge is -2.10. The minimum atomic E-state index is -1.41. The normalized spacial score (nSPS) is 10.8. The summed E-state index contributed by atoms with van der Waals surface area (Å²) in [4.78, 5) is 33.0. The molecule has 1 N–H and O–H groups in total. The highest BCUT2D eigenvalue weighted by Gasteiger charge is 2.21. The van der Waals surface area contributed by atoms with Crippen LogP contribution in [0.1, 0.15) is 26.4 Å². The summed E-state index contributed by atoms with van der Waals surface area (Å²) >= 11 is 0. The number of anilines is 1. The number of fused-ring (bicyclic) bond motifs is 1. The summed E-state index contributed by atoms with van der Waals surface area (Å²) in [6.45, 7) is 0. The lowest BCUT2D eigenvalue weighted by atomic mass is 10.0. The maximum atomic E-state index is 14.3. The zero-order valence-electron chi connectivity index (χ0n) is 15.5. The summed E-state index contributed by atoms with van der Waals surface area (Å²) in [6.07, 6.45) is 2.87. The van der Waals surface area contributed by atoms with Crippen LogP contribution in [0.5, 0.6) is 0 Å². The van der Waals surface area contributed by atoms with Crippen molar-refractivity contribution in [1.82, 2.24) is 9.97 Å². The maximum Gasteiger partial charge on any atom is 0.255 e. The van der Waals surface area contributed by atoms with Crippen molar-refractivity contribution in [1.29, 1.82) is 0 Å². The molecule has 9 heteroatoms. The average molecular weight is 425 g/mol. The lowest BCUT2D eigenvalue weighted by molar-refractivity contribution is 0.101. The van der Waals surface area contributed by atoms with Gasteiger partial charge in [0.2, 0.25) is 5.78 Å². The second-order valence-corrected chi connectivity index (χ2v) is 6.50. The van der Waals surface area contributed by atoms with Gasteiger partial charge >= 0.3 is 0 Å². The molecule has 0 saturated heterocycles. The van der Waals surface area contributed by atoms with E-state index in [0.29, 0.717) is 23.0 Å². The van der Waals surface area contributed by atoms with Crippen molar-refractivity contribution in [3.8, 4) is 0 Å². The van der Waals surface area contributed by atoms with E-state index in [2.05, 4.69) is 15.3 Å². The third-order valence-electron chi connectivity index (χ3n) is 4.43. The fraction of sp³-hybridized carbons (Fsp3) is 0. The fourth-order valence-corrected chi connectivity index (χ4v) is 2.90. The van der Waals surface area contributed by atoms with Crippen LogP contribution >= 0.6 is 0 Å². The van der Waals surface area contributed by atoms with Crippen LogP contribution in [0, 0.1) is 23.3 Å². The summed E-state index contributed by atoms with van der Waals surface area (Å²) in [5, 5.41) is 2.81. The Morgan fingerprint density at radius 1 is 0.839 bits per heavy atom. The predicted molar refractivity (Wildman–Crippen MR) is 104 cm³/mol. The van der Waals surface area contributed by atoms with Crippen molar-refractivity contribution in [3.05, 3.63) is 101 Å². The number of pyridine rings is 2. The molecule has 0 spiro atoms. The molecule has 0 radical (unpaired) electrons. The lowest BCUT2D eigenvalue weighted by Crippen LogP contribution is -2.15. The van der Waals surface area contributed by atoms with Crippen LogP contribution in [0.2, 0.25) is 0 Å². The number of carbonyl (C=O) groups excluding carboxylic acids is 2. The minimum absolute atomic E-state index is 0.150. The number of aromatic nitrogens is 2. The highest BCUT2D eigenvalue weighted by molar-refractivity contribution is 6.10. The van der Waals surface area contributed by atoms with E-state index in [0.717, 1.165) is 18.2 Å². The van der Waals surface area contributed by atoms with Crippen LogP contribution < -0.4 is 5.32 Å². The van der Waals surface area contributed by atoms with Crippen molar-refractivity contribution < 1.29 is 27.2 Å². The molecule has 0 aliphatic rings. The molecule has 1 amide bonds. The number of halogens is 4. The maximum absolute atomic E-state index is 14.3. The predicted octanol–water partition coefficient (Wildman–Crippen LogP) is 4.67. The Morgan fingerprint density at radius 2 is 1.65 bits per heavy atom. The van der Waals surface area contributed by atoms with Gasteiger partial charge in [0.1, 0.15) is 5.69 Å². The number of hydrogen-bond donors (Lipinski definition) is 1. The van der Waals surface area contributed by atoms with E-state index >= 15 is 0 Å². The number of hydrogen-bond acceptors (Lipinski definition) is 4. The Kier molecular flexibility index (Phi) is 5.16. The van der Waals surface area contributed by atoms with E-state index in [1.54, 1.807) is 18.3 Å². The molecule has 0 saturated carbocycles. The Balaban J connectivity index is 1.67. The Morgan fingerprint density at radius 3 is 2.42 bits per heavy atom. The van der Waals surface area contributed by atoms with Crippen LogP contribution in [0.25, 0.3) is 10.9 Å². The van der Waals surface area contributed by atoms with E-state index in [1.165, 1.54) is 12.3 Å². The Hall–Kier alpha value is -4.14. The number of benzene rings is 2. The molecule has 31 heavy (non-hydrogen) atoms. The molecule has 2 aromatic heterocycles. The summed E-state index contributed by atoms with van der Waals surface area (Å²) in [7, 11) is 0. The minimum Gasteiger partial charge on any atom is -0.322 e. The van der Waals surface area contributed by atoms with Gasteiger partial charge in [-0.1, -0.05) is 6.07 Å². The second-order valence-electron chi connectivity index (χ2n) is 6.50. The topological polar surface area (TPSA) is 72.0 Å². The number of amides is 1. The van der Waals surface area contributed by atoms with Crippen LogP contribution in [-0.2, 0) is 0 Å². The second kappa shape index (κ2) is 7.94. The van der Waals surface area contributed by atoms with E-state index in [9.17, 15) is 27.2 Å². The first-order valence-corrected chi connectivity index (χ1v) is 8.84. The van der Waals surface area contributed by atoms with Gasteiger partial charge in [0.05, 0.1) is 17.3 Å². The number of nitrogens with zero attached hydrogens (tertiary/aromatic N) is 2. The van der Waals surface area contributed by atoms with E-state index in [4.69, 9.17) is 0 Å². The SMILES string of the molecule is O=C(Nc1cc(F)c(F)c(C(=O)c2cc3cccnc3cn2)c1)c1ccc(F)c(F)c1. The molecule has 4 rings (SSSR count). The van der Waals surface area contributed by atoms with Crippen LogP contribution in [0.15, 0.2) is 60.9 Å². The molecular formula is C22H11F4N3O2. The van der Waals surface area contributed by atoms with Crippen molar-refractivity contribution >= 4 is 28.3 Å². The van der Waals surface area contributed by atoms with Gasteiger partial charge in [-0.2, -0.15) is 0 Å². The average Bonchev–Trinajstić information content (AvgIpc) is 2.77. The van der Waals surface area contributed by atoms with Crippen molar-refractivity contribution in [2.45, 2.75) is 0 Å². The van der Waals surface area contributed by atoms with Gasteiger partial charge in [-0.3, -0.25) is 19.6 Å². The Bertz CT molecular complexity index is 1360. The quantitative estimate of drug-likeness (QED) is 0.381. The molecule has 0 fully saturated rings. The van der Waals surface area contributed by atoms with Crippen molar-refractivity contribution in [3.63, 3.8) is 0 Å². The third-order valence-corrected chi connectivity index (χ3v) is 4.43. The molecule has 4 aromatic rings.